The average molecular weight is 417 g/mol. The first-order valence-electron chi connectivity index (χ1n) is 8.99. The number of sulfonamides is 1. The summed E-state index contributed by atoms with van der Waals surface area (Å²) in [6.07, 6.45) is 1.90. The highest BCUT2D eigenvalue weighted by molar-refractivity contribution is 7.88. The standard InChI is InChI=1S/C18H32N4O5S/c1-7-22(28(6,23)24)10-8-9-20-18(19-2)21-13-14-11-15(25-3)17(27-5)16(12-14)26-4/h11-12H,7-10,13H2,1-6H3,(H2,19,20,21). The van der Waals surface area contributed by atoms with Crippen molar-refractivity contribution >= 4 is 16.0 Å². The zero-order valence-electron chi connectivity index (χ0n) is 17.5. The lowest BCUT2D eigenvalue weighted by Crippen LogP contribution is -2.39. The van der Waals surface area contributed by atoms with Crippen LogP contribution in [-0.2, 0) is 16.6 Å². The molecule has 0 unspecified atom stereocenters. The highest BCUT2D eigenvalue weighted by Crippen LogP contribution is 2.38. The summed E-state index contributed by atoms with van der Waals surface area (Å²) in [6, 6.07) is 3.74. The number of nitrogens with one attached hydrogen (secondary N) is 2. The van der Waals surface area contributed by atoms with Crippen molar-refractivity contribution in [1.82, 2.24) is 14.9 Å². The van der Waals surface area contributed by atoms with E-state index in [-0.39, 0.29) is 0 Å². The average Bonchev–Trinajstić information content (AvgIpc) is 2.68. The fourth-order valence-corrected chi connectivity index (χ4v) is 3.59. The molecule has 0 aliphatic carbocycles. The lowest BCUT2D eigenvalue weighted by Gasteiger charge is -2.18. The Balaban J connectivity index is 2.61. The van der Waals surface area contributed by atoms with Gasteiger partial charge in [0, 0.05) is 33.2 Å². The maximum absolute atomic E-state index is 11.6. The van der Waals surface area contributed by atoms with Crippen LogP contribution in [-0.4, -0.2) is 72.9 Å². The highest BCUT2D eigenvalue weighted by Gasteiger charge is 2.14. The fourth-order valence-electron chi connectivity index (χ4n) is 2.66. The van der Waals surface area contributed by atoms with Gasteiger partial charge in [0.2, 0.25) is 15.8 Å². The predicted molar refractivity (Wildman–Crippen MR) is 111 cm³/mol. The van der Waals surface area contributed by atoms with Crippen LogP contribution in [0.1, 0.15) is 18.9 Å². The van der Waals surface area contributed by atoms with Gasteiger partial charge in [0.25, 0.3) is 0 Å². The number of ether oxygens (including phenoxy) is 3. The maximum Gasteiger partial charge on any atom is 0.211 e. The summed E-state index contributed by atoms with van der Waals surface area (Å²) in [4.78, 5) is 4.18. The number of guanidine groups is 1. The molecular formula is C18H32N4O5S. The summed E-state index contributed by atoms with van der Waals surface area (Å²) in [7, 11) is 3.23. The van der Waals surface area contributed by atoms with E-state index in [1.807, 2.05) is 19.1 Å². The van der Waals surface area contributed by atoms with Gasteiger partial charge in [-0.3, -0.25) is 4.99 Å². The van der Waals surface area contributed by atoms with E-state index in [4.69, 9.17) is 14.2 Å². The number of methoxy groups -OCH3 is 3. The molecule has 160 valence electrons. The Kier molecular flexibility index (Phi) is 9.88. The molecule has 1 aromatic rings. The predicted octanol–water partition coefficient (Wildman–Crippen LogP) is 1.05. The minimum atomic E-state index is -3.16. The Hall–Kier alpha value is -2.20. The van der Waals surface area contributed by atoms with Gasteiger partial charge in [-0.2, -0.15) is 0 Å². The van der Waals surface area contributed by atoms with Crippen molar-refractivity contribution in [3.05, 3.63) is 17.7 Å². The summed E-state index contributed by atoms with van der Waals surface area (Å²) < 4.78 is 40.7. The van der Waals surface area contributed by atoms with Gasteiger partial charge in [-0.25, -0.2) is 12.7 Å². The van der Waals surface area contributed by atoms with E-state index in [1.165, 1.54) is 10.6 Å². The third kappa shape index (κ3) is 7.08. The molecule has 0 saturated heterocycles. The van der Waals surface area contributed by atoms with Gasteiger partial charge in [-0.05, 0) is 24.1 Å². The number of benzene rings is 1. The van der Waals surface area contributed by atoms with Crippen molar-refractivity contribution in [1.29, 1.82) is 0 Å². The van der Waals surface area contributed by atoms with Crippen LogP contribution in [0.15, 0.2) is 17.1 Å². The lowest BCUT2D eigenvalue weighted by atomic mass is 10.2. The Morgan fingerprint density at radius 3 is 2.14 bits per heavy atom. The van der Waals surface area contributed by atoms with E-state index >= 15 is 0 Å². The first-order chi connectivity index (χ1) is 13.3. The van der Waals surface area contributed by atoms with Gasteiger partial charge in [0.05, 0.1) is 27.6 Å². The van der Waals surface area contributed by atoms with E-state index in [2.05, 4.69) is 15.6 Å². The number of nitrogens with zero attached hydrogens (tertiary/aromatic N) is 2. The molecule has 0 atom stereocenters. The van der Waals surface area contributed by atoms with Gasteiger partial charge in [-0.1, -0.05) is 6.92 Å². The van der Waals surface area contributed by atoms with Gasteiger partial charge in [0.15, 0.2) is 17.5 Å². The molecule has 0 fully saturated rings. The molecule has 0 aromatic heterocycles. The number of hydrogen-bond acceptors (Lipinski definition) is 6. The molecular weight excluding hydrogens is 384 g/mol. The normalized spacial score (nSPS) is 12.0. The molecule has 0 amide bonds. The minimum Gasteiger partial charge on any atom is -0.493 e. The van der Waals surface area contributed by atoms with Crippen molar-refractivity contribution < 1.29 is 22.6 Å². The second-order valence-electron chi connectivity index (χ2n) is 5.99. The second-order valence-corrected chi connectivity index (χ2v) is 7.98. The van der Waals surface area contributed by atoms with Crippen LogP contribution in [0.3, 0.4) is 0 Å². The fraction of sp³-hybridized carbons (Fsp3) is 0.611. The van der Waals surface area contributed by atoms with E-state index in [0.29, 0.717) is 55.8 Å². The molecule has 28 heavy (non-hydrogen) atoms. The second kappa shape index (κ2) is 11.6. The SMILES string of the molecule is CCN(CCCNC(=NC)NCc1cc(OC)c(OC)c(OC)c1)S(C)(=O)=O. The van der Waals surface area contributed by atoms with Crippen LogP contribution in [0.4, 0.5) is 0 Å². The van der Waals surface area contributed by atoms with Crippen molar-refractivity contribution in [3.8, 4) is 17.2 Å². The number of rotatable bonds is 11. The smallest absolute Gasteiger partial charge is 0.211 e. The van der Waals surface area contributed by atoms with E-state index in [0.717, 1.165) is 5.56 Å². The summed E-state index contributed by atoms with van der Waals surface area (Å²) in [6.45, 7) is 3.85. The summed E-state index contributed by atoms with van der Waals surface area (Å²) in [5.41, 5.74) is 0.937. The molecule has 0 aliphatic rings. The summed E-state index contributed by atoms with van der Waals surface area (Å²) >= 11 is 0. The molecule has 9 nitrogen and oxygen atoms in total. The molecule has 0 heterocycles. The zero-order chi connectivity index (χ0) is 21.2. The van der Waals surface area contributed by atoms with Gasteiger partial charge in [-0.15, -0.1) is 0 Å². The van der Waals surface area contributed by atoms with Gasteiger partial charge >= 0.3 is 0 Å². The van der Waals surface area contributed by atoms with E-state index in [9.17, 15) is 8.42 Å². The third-order valence-corrected chi connectivity index (χ3v) is 5.49. The lowest BCUT2D eigenvalue weighted by molar-refractivity contribution is 0.323. The van der Waals surface area contributed by atoms with Gasteiger partial charge in [0.1, 0.15) is 0 Å². The third-order valence-electron chi connectivity index (χ3n) is 4.11. The summed E-state index contributed by atoms with van der Waals surface area (Å²) in [5, 5.41) is 6.39. The first-order valence-corrected chi connectivity index (χ1v) is 10.8. The van der Waals surface area contributed by atoms with Crippen LogP contribution in [0.25, 0.3) is 0 Å². The number of hydrogen-bond donors (Lipinski definition) is 2. The van der Waals surface area contributed by atoms with Crippen LogP contribution >= 0.6 is 0 Å². The molecule has 2 N–H and O–H groups in total. The Morgan fingerprint density at radius 2 is 1.71 bits per heavy atom. The van der Waals surface area contributed by atoms with Crippen molar-refractivity contribution in [2.45, 2.75) is 19.9 Å². The van der Waals surface area contributed by atoms with E-state index < -0.39 is 10.0 Å². The molecule has 0 bridgehead atoms. The van der Waals surface area contributed by atoms with Crippen LogP contribution < -0.4 is 24.8 Å². The molecule has 0 radical (unpaired) electrons. The Labute approximate surface area is 168 Å². The molecule has 0 spiro atoms. The minimum absolute atomic E-state index is 0.464. The molecule has 1 aromatic carbocycles. The molecule has 0 aliphatic heterocycles. The van der Waals surface area contributed by atoms with Crippen molar-refractivity contribution in [2.24, 2.45) is 4.99 Å². The largest absolute Gasteiger partial charge is 0.493 e. The Bertz CT molecular complexity index is 727. The van der Waals surface area contributed by atoms with Gasteiger partial charge < -0.3 is 24.8 Å². The monoisotopic (exact) mass is 416 g/mol. The first kappa shape index (κ1) is 23.8. The topological polar surface area (TPSA) is 101 Å². The van der Waals surface area contributed by atoms with Crippen LogP contribution in [0.5, 0.6) is 17.2 Å². The maximum atomic E-state index is 11.6. The van der Waals surface area contributed by atoms with Crippen molar-refractivity contribution in [2.75, 3.05) is 54.3 Å². The van der Waals surface area contributed by atoms with Crippen LogP contribution in [0.2, 0.25) is 0 Å². The molecule has 0 saturated carbocycles. The molecule has 10 heteroatoms. The van der Waals surface area contributed by atoms with Crippen molar-refractivity contribution in [3.63, 3.8) is 0 Å². The van der Waals surface area contributed by atoms with E-state index in [1.54, 1.807) is 28.4 Å². The quantitative estimate of drug-likeness (QED) is 0.316. The van der Waals surface area contributed by atoms with Crippen LogP contribution in [0, 0.1) is 0 Å². The number of aliphatic imine (C=N–C) groups is 1. The molecule has 1 rings (SSSR count). The Morgan fingerprint density at radius 1 is 1.11 bits per heavy atom. The summed E-state index contributed by atoms with van der Waals surface area (Å²) in [5.74, 6) is 2.34. The highest BCUT2D eigenvalue weighted by atomic mass is 32.2. The zero-order valence-corrected chi connectivity index (χ0v) is 18.4.